The molecule has 0 bridgehead atoms. The molecule has 1 aliphatic heterocycles. The minimum atomic E-state index is -0.917. The summed E-state index contributed by atoms with van der Waals surface area (Å²) >= 11 is 0. The molecule has 0 spiro atoms. The summed E-state index contributed by atoms with van der Waals surface area (Å²) in [7, 11) is 4.82. The van der Waals surface area contributed by atoms with Crippen molar-refractivity contribution in [3.63, 3.8) is 0 Å². The van der Waals surface area contributed by atoms with Crippen molar-refractivity contribution in [3.05, 3.63) is 71.3 Å². The molecule has 24 heteroatoms. The lowest BCUT2D eigenvalue weighted by molar-refractivity contribution is -0.137. The SMILES string of the molecule is COCc1cc(COC)cc(N(C)C(=O)OCc2ccc(NC(=O)[C@H](C)NC(=O)[C@@H](NC(=O)CCOCCOCCOCCOCCOCCOCCOCCOCCNC(=O)CCN3C(=O)C=CC3=O)C(C)C)cc2)c1. The van der Waals surface area contributed by atoms with Crippen LogP contribution in [0.1, 0.15) is 50.3 Å². The Bertz CT molecular complexity index is 2070. The van der Waals surface area contributed by atoms with Crippen LogP contribution < -0.4 is 26.2 Å². The third kappa shape index (κ3) is 28.3. The number of anilines is 2. The van der Waals surface area contributed by atoms with E-state index in [1.807, 2.05) is 18.2 Å². The molecule has 0 aromatic heterocycles. The second-order valence-electron chi connectivity index (χ2n) is 17.6. The molecule has 2 atom stereocenters. The Kier molecular flexibility index (Phi) is 33.5. The second kappa shape index (κ2) is 39.4. The zero-order chi connectivity index (χ0) is 56.0. The summed E-state index contributed by atoms with van der Waals surface area (Å²) in [6.45, 7) is 12.0. The smallest absolute Gasteiger partial charge is 0.414 e. The number of ether oxygens (including phenoxy) is 11. The van der Waals surface area contributed by atoms with Crippen molar-refractivity contribution in [1.29, 1.82) is 0 Å². The number of nitrogens with one attached hydrogen (secondary N) is 4. The Morgan fingerprint density at radius 1 is 0.545 bits per heavy atom. The number of nitrogens with zero attached hydrogens (tertiary/aromatic N) is 2. The lowest BCUT2D eigenvalue weighted by Crippen LogP contribution is -2.53. The van der Waals surface area contributed by atoms with Crippen molar-refractivity contribution in [3.8, 4) is 0 Å². The number of hydrogen-bond donors (Lipinski definition) is 4. The molecule has 0 radical (unpaired) electrons. The Balaban J connectivity index is 1.10. The van der Waals surface area contributed by atoms with Gasteiger partial charge in [0.1, 0.15) is 18.7 Å². The fraction of sp³-hybridized carbons (Fsp3) is 0.604. The molecule has 1 aliphatic rings. The number of imide groups is 1. The average Bonchev–Trinajstić information content (AvgIpc) is 3.73. The standard InChI is InChI=1S/C53H80N6O18/c1-39(2)50(52(65)55-40(3)51(64)56-44-9-7-41(8-10-44)38-77-53(66)58(4)45-34-42(36-67-5)33-43(35-45)37-68-6)57-47(61)14-17-69-19-21-71-23-25-73-27-29-75-31-32-76-30-28-74-26-24-72-22-20-70-18-15-54-46(60)13-16-59-48(62)11-12-49(59)63/h7-12,33-35,39-40,50H,13-32,36-38H2,1-6H3,(H,54,60)(H,55,65)(H,56,64)(H,57,61)/t40-,50-/m0/s1. The monoisotopic (exact) mass is 1090 g/mol. The van der Waals surface area contributed by atoms with Gasteiger partial charge in [-0.15, -0.1) is 0 Å². The number of methoxy groups -OCH3 is 2. The van der Waals surface area contributed by atoms with E-state index in [0.717, 1.165) is 16.0 Å². The predicted octanol–water partition coefficient (Wildman–Crippen LogP) is 2.29. The minimum absolute atomic E-state index is 0.00188. The molecule has 3 rings (SSSR count). The van der Waals surface area contributed by atoms with Crippen molar-refractivity contribution in [2.24, 2.45) is 5.92 Å². The molecule has 24 nitrogen and oxygen atoms in total. The fourth-order valence-electron chi connectivity index (χ4n) is 6.89. The van der Waals surface area contributed by atoms with Crippen LogP contribution in [0.2, 0.25) is 0 Å². The zero-order valence-corrected chi connectivity index (χ0v) is 45.4. The summed E-state index contributed by atoms with van der Waals surface area (Å²) in [5.74, 6) is -2.69. The number of amides is 7. The summed E-state index contributed by atoms with van der Waals surface area (Å²) in [5, 5.41) is 10.9. The summed E-state index contributed by atoms with van der Waals surface area (Å²) in [4.78, 5) is 89.0. The van der Waals surface area contributed by atoms with Crippen molar-refractivity contribution in [2.75, 3.05) is 150 Å². The van der Waals surface area contributed by atoms with Crippen LogP contribution in [-0.4, -0.2) is 199 Å². The number of hydrogen-bond acceptors (Lipinski definition) is 18. The van der Waals surface area contributed by atoms with E-state index in [1.165, 1.54) is 17.1 Å². The van der Waals surface area contributed by atoms with Gasteiger partial charge in [-0.05, 0) is 53.8 Å². The Morgan fingerprint density at radius 2 is 1.01 bits per heavy atom. The van der Waals surface area contributed by atoms with E-state index in [4.69, 9.17) is 52.1 Å². The lowest BCUT2D eigenvalue weighted by atomic mass is 10.0. The van der Waals surface area contributed by atoms with Crippen molar-refractivity contribution in [2.45, 2.75) is 65.5 Å². The van der Waals surface area contributed by atoms with Gasteiger partial charge in [-0.1, -0.05) is 32.0 Å². The Labute approximate surface area is 451 Å². The van der Waals surface area contributed by atoms with Crippen LogP contribution >= 0.6 is 0 Å². The van der Waals surface area contributed by atoms with Gasteiger partial charge in [0, 0.05) is 70.7 Å². The van der Waals surface area contributed by atoms with Gasteiger partial charge in [0.15, 0.2) is 0 Å². The molecule has 0 aliphatic carbocycles. The Hall–Kier alpha value is -5.93. The van der Waals surface area contributed by atoms with Gasteiger partial charge in [0.05, 0.1) is 119 Å². The van der Waals surface area contributed by atoms with Crippen LogP contribution in [0.4, 0.5) is 16.2 Å². The van der Waals surface area contributed by atoms with Gasteiger partial charge < -0.3 is 73.4 Å². The van der Waals surface area contributed by atoms with E-state index in [0.29, 0.717) is 129 Å². The largest absolute Gasteiger partial charge is 0.444 e. The Morgan fingerprint density at radius 3 is 1.48 bits per heavy atom. The van der Waals surface area contributed by atoms with Gasteiger partial charge in [0.2, 0.25) is 23.6 Å². The third-order valence-corrected chi connectivity index (χ3v) is 11.0. The molecule has 430 valence electrons. The summed E-state index contributed by atoms with van der Waals surface area (Å²) in [6.07, 6.45) is 1.87. The van der Waals surface area contributed by atoms with Crippen molar-refractivity contribution >= 4 is 52.9 Å². The maximum atomic E-state index is 13.2. The van der Waals surface area contributed by atoms with Crippen molar-refractivity contribution < 1.29 is 85.7 Å². The molecule has 4 N–H and O–H groups in total. The number of rotatable bonds is 43. The topological polar surface area (TPSA) is 276 Å². The predicted molar refractivity (Wildman–Crippen MR) is 281 cm³/mol. The second-order valence-corrected chi connectivity index (χ2v) is 17.6. The molecule has 77 heavy (non-hydrogen) atoms. The van der Waals surface area contributed by atoms with Crippen LogP contribution in [0.5, 0.6) is 0 Å². The first-order valence-electron chi connectivity index (χ1n) is 25.6. The molecule has 0 unspecified atom stereocenters. The highest BCUT2D eigenvalue weighted by molar-refractivity contribution is 6.13. The quantitative estimate of drug-likeness (QED) is 0.0548. The highest BCUT2D eigenvalue weighted by Gasteiger charge is 2.27. The molecular formula is C53H80N6O18. The highest BCUT2D eigenvalue weighted by Crippen LogP contribution is 2.21. The lowest BCUT2D eigenvalue weighted by Gasteiger charge is -2.24. The van der Waals surface area contributed by atoms with Crippen LogP contribution in [0.15, 0.2) is 54.6 Å². The molecule has 7 amide bonds. The van der Waals surface area contributed by atoms with E-state index in [2.05, 4.69) is 21.3 Å². The van der Waals surface area contributed by atoms with Gasteiger partial charge in [-0.3, -0.25) is 38.6 Å². The summed E-state index contributed by atoms with van der Waals surface area (Å²) in [6, 6.07) is 10.6. The molecule has 0 fully saturated rings. The summed E-state index contributed by atoms with van der Waals surface area (Å²) in [5.41, 5.74) is 3.59. The van der Waals surface area contributed by atoms with Crippen LogP contribution in [0.3, 0.4) is 0 Å². The number of benzene rings is 2. The molecule has 0 saturated carbocycles. The number of carbonyl (C=O) groups is 7. The zero-order valence-electron chi connectivity index (χ0n) is 45.4. The van der Waals surface area contributed by atoms with E-state index in [-0.39, 0.29) is 56.9 Å². The van der Waals surface area contributed by atoms with Gasteiger partial charge in [-0.2, -0.15) is 0 Å². The normalized spacial score (nSPS) is 12.9. The average molecular weight is 1090 g/mol. The summed E-state index contributed by atoms with van der Waals surface area (Å²) < 4.78 is 59.9. The van der Waals surface area contributed by atoms with Crippen LogP contribution in [-0.2, 0) is 101 Å². The molecule has 2 aromatic carbocycles. The first-order chi connectivity index (χ1) is 37.2. The van der Waals surface area contributed by atoms with Gasteiger partial charge in [-0.25, -0.2) is 4.79 Å². The van der Waals surface area contributed by atoms with E-state index in [1.54, 1.807) is 66.3 Å². The van der Waals surface area contributed by atoms with Crippen LogP contribution in [0, 0.1) is 5.92 Å². The maximum Gasteiger partial charge on any atom is 0.414 e. The highest BCUT2D eigenvalue weighted by atomic mass is 16.6. The number of carbonyl (C=O) groups excluding carboxylic acids is 7. The first kappa shape index (κ1) is 65.4. The molecule has 0 saturated heterocycles. The maximum absolute atomic E-state index is 13.2. The van der Waals surface area contributed by atoms with Crippen LogP contribution in [0.25, 0.3) is 0 Å². The fourth-order valence-corrected chi connectivity index (χ4v) is 6.89. The van der Waals surface area contributed by atoms with Gasteiger partial charge >= 0.3 is 6.09 Å². The minimum Gasteiger partial charge on any atom is -0.444 e. The van der Waals surface area contributed by atoms with Gasteiger partial charge in [0.25, 0.3) is 11.8 Å². The first-order valence-corrected chi connectivity index (χ1v) is 25.6. The van der Waals surface area contributed by atoms with E-state index < -0.39 is 41.8 Å². The van der Waals surface area contributed by atoms with E-state index in [9.17, 15) is 33.6 Å². The molecule has 1 heterocycles. The molecule has 2 aromatic rings. The van der Waals surface area contributed by atoms with Crippen molar-refractivity contribution in [1.82, 2.24) is 20.9 Å². The van der Waals surface area contributed by atoms with E-state index >= 15 is 0 Å². The molecular weight excluding hydrogens is 1010 g/mol. The third-order valence-electron chi connectivity index (χ3n) is 11.0.